The number of methoxy groups -OCH3 is 1. The highest BCUT2D eigenvalue weighted by atomic mass is 16.5. The number of rotatable bonds is 3. The van der Waals surface area contributed by atoms with Crippen molar-refractivity contribution in [2.75, 3.05) is 7.11 Å². The van der Waals surface area contributed by atoms with Crippen molar-refractivity contribution in [2.45, 2.75) is 20.8 Å². The molecule has 22 heavy (non-hydrogen) atoms. The quantitative estimate of drug-likeness (QED) is 0.744. The molecule has 5 heteroatoms. The van der Waals surface area contributed by atoms with Gasteiger partial charge in [0.1, 0.15) is 17.3 Å². The number of para-hydroxylation sites is 1. The van der Waals surface area contributed by atoms with Crippen molar-refractivity contribution in [3.63, 3.8) is 0 Å². The standard InChI is InChI=1S/C17H18N4O/c1-11-8-9-18-14(10-11)17-20-19-13(3)21(17)16-12(2)6-5-7-15(16)22-4/h5-10H,1-4H3. The Labute approximate surface area is 129 Å². The van der Waals surface area contributed by atoms with Crippen LogP contribution in [-0.4, -0.2) is 26.9 Å². The third-order valence-electron chi connectivity index (χ3n) is 3.61. The largest absolute Gasteiger partial charge is 0.495 e. The zero-order valence-electron chi connectivity index (χ0n) is 13.2. The van der Waals surface area contributed by atoms with E-state index in [2.05, 4.69) is 15.2 Å². The molecule has 0 saturated carbocycles. The molecule has 0 aliphatic carbocycles. The molecule has 112 valence electrons. The Morgan fingerprint density at radius 2 is 1.86 bits per heavy atom. The maximum absolute atomic E-state index is 5.52. The van der Waals surface area contributed by atoms with E-state index in [9.17, 15) is 0 Å². The first kappa shape index (κ1) is 14.3. The van der Waals surface area contributed by atoms with Crippen molar-refractivity contribution in [1.29, 1.82) is 0 Å². The first-order chi connectivity index (χ1) is 10.6. The minimum absolute atomic E-state index is 0.716. The zero-order valence-corrected chi connectivity index (χ0v) is 13.2. The van der Waals surface area contributed by atoms with Gasteiger partial charge in [-0.05, 0) is 50.1 Å². The Bertz CT molecular complexity index is 823. The second-order valence-corrected chi connectivity index (χ2v) is 5.25. The molecule has 0 amide bonds. The summed E-state index contributed by atoms with van der Waals surface area (Å²) in [5, 5.41) is 8.55. The average Bonchev–Trinajstić information content (AvgIpc) is 2.88. The second kappa shape index (κ2) is 5.60. The Morgan fingerprint density at radius 3 is 2.59 bits per heavy atom. The van der Waals surface area contributed by atoms with Gasteiger partial charge in [0.15, 0.2) is 5.82 Å². The first-order valence-corrected chi connectivity index (χ1v) is 7.11. The van der Waals surface area contributed by atoms with Crippen LogP contribution in [0.2, 0.25) is 0 Å². The van der Waals surface area contributed by atoms with Crippen molar-refractivity contribution >= 4 is 0 Å². The van der Waals surface area contributed by atoms with Crippen LogP contribution in [0.4, 0.5) is 0 Å². The van der Waals surface area contributed by atoms with Gasteiger partial charge in [-0.15, -0.1) is 10.2 Å². The zero-order chi connectivity index (χ0) is 15.7. The molecule has 0 atom stereocenters. The molecule has 0 bridgehead atoms. The highest BCUT2D eigenvalue weighted by Gasteiger charge is 2.18. The number of hydrogen-bond acceptors (Lipinski definition) is 4. The van der Waals surface area contributed by atoms with Gasteiger partial charge in [0, 0.05) is 6.20 Å². The Morgan fingerprint density at radius 1 is 1.05 bits per heavy atom. The molecule has 2 heterocycles. The van der Waals surface area contributed by atoms with Gasteiger partial charge in [-0.25, -0.2) is 0 Å². The highest BCUT2D eigenvalue weighted by molar-refractivity contribution is 5.61. The maximum atomic E-state index is 5.52. The lowest BCUT2D eigenvalue weighted by Crippen LogP contribution is -2.05. The molecule has 2 aromatic heterocycles. The van der Waals surface area contributed by atoms with Gasteiger partial charge in [0.05, 0.1) is 12.8 Å². The van der Waals surface area contributed by atoms with Crippen LogP contribution in [0.3, 0.4) is 0 Å². The van der Waals surface area contributed by atoms with Crippen LogP contribution in [0.15, 0.2) is 36.5 Å². The fourth-order valence-corrected chi connectivity index (χ4v) is 2.54. The van der Waals surface area contributed by atoms with Gasteiger partial charge in [-0.3, -0.25) is 9.55 Å². The van der Waals surface area contributed by atoms with E-state index in [0.29, 0.717) is 5.82 Å². The molecule has 0 aliphatic heterocycles. The van der Waals surface area contributed by atoms with E-state index < -0.39 is 0 Å². The summed E-state index contributed by atoms with van der Waals surface area (Å²) in [4.78, 5) is 4.43. The molecule has 1 aromatic carbocycles. The highest BCUT2D eigenvalue weighted by Crippen LogP contribution is 2.30. The van der Waals surface area contributed by atoms with E-state index >= 15 is 0 Å². The van der Waals surface area contributed by atoms with Gasteiger partial charge < -0.3 is 4.74 Å². The molecule has 0 aliphatic rings. The number of pyridine rings is 1. The lowest BCUT2D eigenvalue weighted by atomic mass is 10.1. The van der Waals surface area contributed by atoms with Gasteiger partial charge >= 0.3 is 0 Å². The van der Waals surface area contributed by atoms with E-state index in [1.165, 1.54) is 0 Å². The fraction of sp³-hybridized carbons (Fsp3) is 0.235. The van der Waals surface area contributed by atoms with Crippen molar-refractivity contribution in [2.24, 2.45) is 0 Å². The third kappa shape index (κ3) is 2.35. The molecule has 0 unspecified atom stereocenters. The van der Waals surface area contributed by atoms with Gasteiger partial charge in [-0.1, -0.05) is 12.1 Å². The number of benzene rings is 1. The molecule has 0 N–H and O–H groups in total. The molecular formula is C17H18N4O. The predicted octanol–water partition coefficient (Wildman–Crippen LogP) is 3.26. The molecular weight excluding hydrogens is 276 g/mol. The number of ether oxygens (including phenoxy) is 1. The summed E-state index contributed by atoms with van der Waals surface area (Å²) in [6.45, 7) is 6.01. The smallest absolute Gasteiger partial charge is 0.187 e. The number of nitrogens with zero attached hydrogens (tertiary/aromatic N) is 4. The van der Waals surface area contributed by atoms with Crippen LogP contribution in [0, 0.1) is 20.8 Å². The molecule has 0 spiro atoms. The van der Waals surface area contributed by atoms with Gasteiger partial charge in [0.2, 0.25) is 0 Å². The van der Waals surface area contributed by atoms with E-state index in [0.717, 1.165) is 34.1 Å². The van der Waals surface area contributed by atoms with Crippen LogP contribution < -0.4 is 4.74 Å². The summed E-state index contributed by atoms with van der Waals surface area (Å²) in [7, 11) is 1.67. The number of aromatic nitrogens is 4. The summed E-state index contributed by atoms with van der Waals surface area (Å²) < 4.78 is 7.52. The van der Waals surface area contributed by atoms with E-state index in [-0.39, 0.29) is 0 Å². The van der Waals surface area contributed by atoms with Crippen LogP contribution in [0.1, 0.15) is 17.0 Å². The summed E-state index contributed by atoms with van der Waals surface area (Å²) in [6.07, 6.45) is 1.79. The normalized spacial score (nSPS) is 10.7. The van der Waals surface area contributed by atoms with Crippen LogP contribution >= 0.6 is 0 Å². The Balaban J connectivity index is 2.28. The van der Waals surface area contributed by atoms with Crippen molar-refractivity contribution in [3.8, 4) is 23.0 Å². The molecule has 5 nitrogen and oxygen atoms in total. The van der Waals surface area contributed by atoms with Crippen LogP contribution in [0.25, 0.3) is 17.2 Å². The molecule has 3 aromatic rings. The maximum Gasteiger partial charge on any atom is 0.187 e. The molecule has 0 radical (unpaired) electrons. The minimum Gasteiger partial charge on any atom is -0.495 e. The van der Waals surface area contributed by atoms with Crippen LogP contribution in [0.5, 0.6) is 5.75 Å². The van der Waals surface area contributed by atoms with E-state index in [4.69, 9.17) is 4.74 Å². The Kier molecular flexibility index (Phi) is 3.63. The van der Waals surface area contributed by atoms with Gasteiger partial charge in [-0.2, -0.15) is 0 Å². The van der Waals surface area contributed by atoms with E-state index in [1.54, 1.807) is 13.3 Å². The lowest BCUT2D eigenvalue weighted by molar-refractivity contribution is 0.412. The van der Waals surface area contributed by atoms with Crippen molar-refractivity contribution < 1.29 is 4.74 Å². The van der Waals surface area contributed by atoms with Crippen molar-refractivity contribution in [3.05, 3.63) is 53.5 Å². The number of hydrogen-bond donors (Lipinski definition) is 0. The fourth-order valence-electron chi connectivity index (χ4n) is 2.54. The number of aryl methyl sites for hydroxylation is 3. The van der Waals surface area contributed by atoms with Gasteiger partial charge in [0.25, 0.3) is 0 Å². The molecule has 3 rings (SSSR count). The third-order valence-corrected chi connectivity index (χ3v) is 3.61. The Hall–Kier alpha value is -2.69. The second-order valence-electron chi connectivity index (χ2n) is 5.25. The van der Waals surface area contributed by atoms with Crippen molar-refractivity contribution in [1.82, 2.24) is 19.7 Å². The summed E-state index contributed by atoms with van der Waals surface area (Å²) in [6, 6.07) is 9.93. The summed E-state index contributed by atoms with van der Waals surface area (Å²) in [5.41, 5.74) is 3.97. The lowest BCUT2D eigenvalue weighted by Gasteiger charge is -2.15. The van der Waals surface area contributed by atoms with Crippen LogP contribution in [-0.2, 0) is 0 Å². The summed E-state index contributed by atoms with van der Waals surface area (Å²) in [5.74, 6) is 2.30. The molecule has 0 saturated heterocycles. The predicted molar refractivity (Wildman–Crippen MR) is 85.4 cm³/mol. The van der Waals surface area contributed by atoms with E-state index in [1.807, 2.05) is 55.7 Å². The molecule has 0 fully saturated rings. The minimum atomic E-state index is 0.716. The first-order valence-electron chi connectivity index (χ1n) is 7.11. The topological polar surface area (TPSA) is 52.8 Å². The average molecular weight is 294 g/mol. The SMILES string of the molecule is COc1cccc(C)c1-n1c(C)nnc1-c1cc(C)ccn1. The summed E-state index contributed by atoms with van der Waals surface area (Å²) >= 11 is 0. The monoisotopic (exact) mass is 294 g/mol.